The van der Waals surface area contributed by atoms with Crippen molar-refractivity contribution in [2.75, 3.05) is 0 Å². The quantitative estimate of drug-likeness (QED) is 0.567. The molecule has 2 rings (SSSR count). The Bertz CT molecular complexity index is 480. The van der Waals surface area contributed by atoms with Crippen LogP contribution in [0.3, 0.4) is 0 Å². The van der Waals surface area contributed by atoms with Crippen molar-refractivity contribution in [1.29, 1.82) is 0 Å². The molecule has 5 nitrogen and oxygen atoms in total. The summed E-state index contributed by atoms with van der Waals surface area (Å²) in [5.41, 5.74) is 0.354. The highest BCUT2D eigenvalue weighted by Crippen LogP contribution is 2.21. The molecular weight excluding hydrogens is 238 g/mol. The molecule has 0 spiro atoms. The summed E-state index contributed by atoms with van der Waals surface area (Å²) in [5.74, 6) is 0. The van der Waals surface area contributed by atoms with Gasteiger partial charge >= 0.3 is 5.69 Å². The fraction of sp³-hybridized carbons (Fsp3) is 0. The van der Waals surface area contributed by atoms with Crippen molar-refractivity contribution in [3.05, 3.63) is 39.2 Å². The molecule has 0 radical (unpaired) electrons. The van der Waals surface area contributed by atoms with Crippen LogP contribution in [0.15, 0.2) is 29.1 Å². The van der Waals surface area contributed by atoms with Crippen LogP contribution in [0.25, 0.3) is 5.65 Å². The zero-order chi connectivity index (χ0) is 9.42. The van der Waals surface area contributed by atoms with Gasteiger partial charge in [-0.25, -0.2) is 4.98 Å². The van der Waals surface area contributed by atoms with E-state index in [-0.39, 0.29) is 5.69 Å². The van der Waals surface area contributed by atoms with E-state index in [0.717, 1.165) is 0 Å². The lowest BCUT2D eigenvalue weighted by Gasteiger charge is -1.94. The van der Waals surface area contributed by atoms with Gasteiger partial charge in [-0.15, -0.1) is 0 Å². The van der Waals surface area contributed by atoms with E-state index in [1.54, 1.807) is 16.7 Å². The molecule has 0 fully saturated rings. The van der Waals surface area contributed by atoms with Gasteiger partial charge in [-0.3, -0.25) is 14.5 Å². The minimum Gasteiger partial charge on any atom is -0.288 e. The number of nitrogens with zero attached hydrogens (tertiary/aromatic N) is 3. The van der Waals surface area contributed by atoms with Crippen LogP contribution >= 0.6 is 15.9 Å². The van der Waals surface area contributed by atoms with Crippen LogP contribution in [0.1, 0.15) is 0 Å². The van der Waals surface area contributed by atoms with Crippen molar-refractivity contribution in [1.82, 2.24) is 9.38 Å². The lowest BCUT2D eigenvalue weighted by molar-refractivity contribution is -0.383. The highest BCUT2D eigenvalue weighted by Gasteiger charge is 2.13. The van der Waals surface area contributed by atoms with Crippen molar-refractivity contribution < 1.29 is 4.92 Å². The van der Waals surface area contributed by atoms with E-state index in [9.17, 15) is 10.1 Å². The average Bonchev–Trinajstić information content (AvgIpc) is 2.48. The van der Waals surface area contributed by atoms with E-state index < -0.39 is 4.92 Å². The second kappa shape index (κ2) is 2.81. The van der Waals surface area contributed by atoms with Crippen LogP contribution in [0.4, 0.5) is 5.69 Å². The van der Waals surface area contributed by atoms with Crippen molar-refractivity contribution in [2.24, 2.45) is 0 Å². The van der Waals surface area contributed by atoms with Crippen LogP contribution in [0.5, 0.6) is 0 Å². The summed E-state index contributed by atoms with van der Waals surface area (Å²) in [7, 11) is 0. The summed E-state index contributed by atoms with van der Waals surface area (Å²) in [5, 5.41) is 10.6. The van der Waals surface area contributed by atoms with Crippen molar-refractivity contribution in [3.8, 4) is 0 Å². The Labute approximate surface area is 81.3 Å². The lowest BCUT2D eigenvalue weighted by Crippen LogP contribution is -1.93. The number of fused-ring (bicyclic) bond motifs is 1. The standard InChI is InChI=1S/C7H4BrN3O2/c8-6-4-9-7-5(11(12)13)2-1-3-10(6)7/h1-4H. The largest absolute Gasteiger partial charge is 0.312 e. The maximum Gasteiger partial charge on any atom is 0.312 e. The molecule has 2 aromatic heterocycles. The topological polar surface area (TPSA) is 60.4 Å². The van der Waals surface area contributed by atoms with Crippen LogP contribution in [0, 0.1) is 10.1 Å². The Morgan fingerprint density at radius 1 is 1.62 bits per heavy atom. The van der Waals surface area contributed by atoms with E-state index in [1.807, 2.05) is 0 Å². The van der Waals surface area contributed by atoms with E-state index in [0.29, 0.717) is 10.3 Å². The summed E-state index contributed by atoms with van der Waals surface area (Å²) >= 11 is 3.23. The van der Waals surface area contributed by atoms with Crippen LogP contribution in [0.2, 0.25) is 0 Å². The number of imidazole rings is 1. The third-order valence-corrected chi connectivity index (χ3v) is 2.25. The molecule has 0 saturated carbocycles. The first-order valence-electron chi connectivity index (χ1n) is 3.46. The summed E-state index contributed by atoms with van der Waals surface area (Å²) in [6.07, 6.45) is 3.24. The van der Waals surface area contributed by atoms with Gasteiger partial charge < -0.3 is 0 Å². The van der Waals surface area contributed by atoms with Crippen molar-refractivity contribution in [3.63, 3.8) is 0 Å². The number of pyridine rings is 1. The fourth-order valence-electron chi connectivity index (χ4n) is 1.11. The zero-order valence-electron chi connectivity index (χ0n) is 6.35. The van der Waals surface area contributed by atoms with Crippen LogP contribution < -0.4 is 0 Å². The minimum absolute atomic E-state index is 0.00759. The number of hydrogen-bond donors (Lipinski definition) is 0. The third-order valence-electron chi connectivity index (χ3n) is 1.67. The first-order valence-corrected chi connectivity index (χ1v) is 4.25. The summed E-state index contributed by atoms with van der Waals surface area (Å²) in [4.78, 5) is 14.0. The van der Waals surface area contributed by atoms with E-state index >= 15 is 0 Å². The molecule has 0 aliphatic rings. The molecule has 0 atom stereocenters. The molecule has 0 aliphatic heterocycles. The lowest BCUT2D eigenvalue weighted by atomic mass is 10.4. The zero-order valence-corrected chi connectivity index (χ0v) is 7.93. The second-order valence-electron chi connectivity index (χ2n) is 2.43. The van der Waals surface area contributed by atoms with Gasteiger partial charge in [0.15, 0.2) is 0 Å². The number of hydrogen-bond acceptors (Lipinski definition) is 3. The van der Waals surface area contributed by atoms with Gasteiger partial charge in [-0.2, -0.15) is 0 Å². The van der Waals surface area contributed by atoms with Gasteiger partial charge in [0, 0.05) is 12.3 Å². The Balaban J connectivity index is 2.84. The molecule has 6 heteroatoms. The minimum atomic E-state index is -0.450. The van der Waals surface area contributed by atoms with Gasteiger partial charge in [0.2, 0.25) is 5.65 Å². The molecule has 2 aromatic rings. The van der Waals surface area contributed by atoms with Gasteiger partial charge in [-0.1, -0.05) is 0 Å². The summed E-state index contributed by atoms with van der Waals surface area (Å²) in [6.45, 7) is 0. The Kier molecular flexibility index (Phi) is 1.77. The molecule has 2 heterocycles. The molecule has 13 heavy (non-hydrogen) atoms. The molecule has 0 saturated heterocycles. The first-order chi connectivity index (χ1) is 6.20. The smallest absolute Gasteiger partial charge is 0.288 e. The van der Waals surface area contributed by atoms with E-state index in [4.69, 9.17) is 0 Å². The van der Waals surface area contributed by atoms with Gasteiger partial charge in [0.25, 0.3) is 0 Å². The fourth-order valence-corrected chi connectivity index (χ4v) is 1.50. The predicted octanol–water partition coefficient (Wildman–Crippen LogP) is 2.00. The number of rotatable bonds is 1. The SMILES string of the molecule is O=[N+]([O-])c1cccn2c(Br)cnc12. The van der Waals surface area contributed by atoms with Crippen molar-refractivity contribution in [2.45, 2.75) is 0 Å². The summed E-state index contributed by atoms with van der Waals surface area (Å²) < 4.78 is 2.31. The molecule has 0 aliphatic carbocycles. The third kappa shape index (κ3) is 1.19. The van der Waals surface area contributed by atoms with Crippen molar-refractivity contribution >= 4 is 27.3 Å². The Morgan fingerprint density at radius 3 is 3.08 bits per heavy atom. The van der Waals surface area contributed by atoms with Gasteiger partial charge in [-0.05, 0) is 22.0 Å². The van der Waals surface area contributed by atoms with Gasteiger partial charge in [0.05, 0.1) is 11.1 Å². The maximum absolute atomic E-state index is 10.6. The predicted molar refractivity (Wildman–Crippen MR) is 49.5 cm³/mol. The second-order valence-corrected chi connectivity index (χ2v) is 3.24. The number of halogens is 1. The number of aromatic nitrogens is 2. The van der Waals surface area contributed by atoms with E-state index in [2.05, 4.69) is 20.9 Å². The number of nitro groups is 1. The molecular formula is C7H4BrN3O2. The van der Waals surface area contributed by atoms with Crippen LogP contribution in [-0.2, 0) is 0 Å². The highest BCUT2D eigenvalue weighted by molar-refractivity contribution is 9.10. The molecule has 0 aromatic carbocycles. The molecule has 66 valence electrons. The highest BCUT2D eigenvalue weighted by atomic mass is 79.9. The van der Waals surface area contributed by atoms with Crippen LogP contribution in [-0.4, -0.2) is 14.3 Å². The summed E-state index contributed by atoms with van der Waals surface area (Å²) in [6, 6.07) is 3.03. The maximum atomic E-state index is 10.6. The Hall–Kier alpha value is -1.43. The Morgan fingerprint density at radius 2 is 2.38 bits per heavy atom. The molecule has 0 bridgehead atoms. The molecule has 0 unspecified atom stereocenters. The average molecular weight is 242 g/mol. The molecule has 0 N–H and O–H groups in total. The normalized spacial score (nSPS) is 10.5. The first kappa shape index (κ1) is 8.18. The molecule has 0 amide bonds. The van der Waals surface area contributed by atoms with E-state index in [1.165, 1.54) is 12.3 Å². The monoisotopic (exact) mass is 241 g/mol. The van der Waals surface area contributed by atoms with Gasteiger partial charge in [0.1, 0.15) is 4.60 Å².